The molecule has 0 aromatic carbocycles. The monoisotopic (exact) mass is 389 g/mol. The van der Waals surface area contributed by atoms with Crippen LogP contribution in [-0.2, 0) is 16.4 Å². The zero-order valence-corrected chi connectivity index (χ0v) is 16.5. The molecule has 1 saturated heterocycles. The molecule has 1 aliphatic heterocycles. The van der Waals surface area contributed by atoms with Crippen LogP contribution in [0.5, 0.6) is 0 Å². The predicted molar refractivity (Wildman–Crippen MR) is 99.9 cm³/mol. The second-order valence-electron chi connectivity index (χ2n) is 6.95. The predicted octanol–water partition coefficient (Wildman–Crippen LogP) is 2.62. The Hall–Kier alpha value is -2.26. The van der Waals surface area contributed by atoms with E-state index in [0.29, 0.717) is 24.5 Å². The lowest BCUT2D eigenvalue weighted by Gasteiger charge is -2.18. The van der Waals surface area contributed by atoms with E-state index in [2.05, 4.69) is 21.6 Å². The fraction of sp³-hybridized carbons (Fsp3) is 0.500. The van der Waals surface area contributed by atoms with Gasteiger partial charge in [0.2, 0.25) is 10.0 Å². The maximum Gasteiger partial charge on any atom is 0.248 e. The smallest absolute Gasteiger partial charge is 0.248 e. The largest absolute Gasteiger partial charge is 0.360 e. The first-order valence-electron chi connectivity index (χ1n) is 9.18. The van der Waals surface area contributed by atoms with Crippen molar-refractivity contribution in [1.82, 2.24) is 24.0 Å². The summed E-state index contributed by atoms with van der Waals surface area (Å²) < 4.78 is 34.9. The van der Waals surface area contributed by atoms with Gasteiger partial charge in [-0.1, -0.05) is 12.1 Å². The van der Waals surface area contributed by atoms with E-state index < -0.39 is 10.0 Å². The van der Waals surface area contributed by atoms with E-state index in [4.69, 9.17) is 9.51 Å². The highest BCUT2D eigenvalue weighted by Crippen LogP contribution is 2.32. The average molecular weight is 389 g/mol. The van der Waals surface area contributed by atoms with Gasteiger partial charge in [0.05, 0.1) is 6.04 Å². The van der Waals surface area contributed by atoms with E-state index in [0.717, 1.165) is 36.3 Å². The van der Waals surface area contributed by atoms with E-state index in [-0.39, 0.29) is 10.9 Å². The highest BCUT2D eigenvalue weighted by molar-refractivity contribution is 7.89. The van der Waals surface area contributed by atoms with Gasteiger partial charge in [0.1, 0.15) is 21.9 Å². The van der Waals surface area contributed by atoms with Crippen LogP contribution in [0.15, 0.2) is 27.7 Å². The standard InChI is InChI=1S/C18H23N5O3S/c1-4-6-16-20-15-7-5-9-19-18(15)23(16)14-8-10-22(11-14)27(24,25)17-12(2)21-26-13(17)3/h5,7,9,14H,4,6,8,10-11H2,1-3H3/t14-/m0/s1. The third-order valence-corrected chi connectivity index (χ3v) is 7.16. The minimum atomic E-state index is -3.64. The number of hydrogen-bond acceptors (Lipinski definition) is 6. The number of imidazole rings is 1. The molecule has 1 atom stereocenters. The van der Waals surface area contributed by atoms with Crippen molar-refractivity contribution in [3.8, 4) is 0 Å². The van der Waals surface area contributed by atoms with Gasteiger partial charge in [0, 0.05) is 25.7 Å². The van der Waals surface area contributed by atoms with Crippen LogP contribution in [0, 0.1) is 13.8 Å². The SMILES string of the molecule is CCCc1nc2cccnc2n1[C@H]1CCN(S(=O)(=O)c2c(C)noc2C)C1. The molecule has 8 nitrogen and oxygen atoms in total. The van der Waals surface area contributed by atoms with Gasteiger partial charge in [-0.2, -0.15) is 4.31 Å². The summed E-state index contributed by atoms with van der Waals surface area (Å²) in [7, 11) is -3.64. The third kappa shape index (κ3) is 2.94. The number of aromatic nitrogens is 4. The molecule has 3 aromatic heterocycles. The zero-order valence-electron chi connectivity index (χ0n) is 15.7. The van der Waals surface area contributed by atoms with Crippen molar-refractivity contribution in [3.05, 3.63) is 35.6 Å². The molecule has 0 amide bonds. The summed E-state index contributed by atoms with van der Waals surface area (Å²) in [5.41, 5.74) is 2.08. The minimum absolute atomic E-state index is 0.0155. The van der Waals surface area contributed by atoms with Crippen molar-refractivity contribution in [2.45, 2.75) is 51.0 Å². The fourth-order valence-corrected chi connectivity index (χ4v) is 5.66. The second-order valence-corrected chi connectivity index (χ2v) is 8.83. The van der Waals surface area contributed by atoms with Crippen molar-refractivity contribution in [2.75, 3.05) is 13.1 Å². The molecule has 9 heteroatoms. The maximum atomic E-state index is 13.1. The van der Waals surface area contributed by atoms with Gasteiger partial charge in [-0.25, -0.2) is 18.4 Å². The lowest BCUT2D eigenvalue weighted by atomic mass is 10.2. The van der Waals surface area contributed by atoms with Gasteiger partial charge in [-0.3, -0.25) is 0 Å². The Balaban J connectivity index is 1.69. The van der Waals surface area contributed by atoms with E-state index in [1.54, 1.807) is 20.0 Å². The van der Waals surface area contributed by atoms with Gasteiger partial charge in [-0.15, -0.1) is 0 Å². The zero-order chi connectivity index (χ0) is 19.2. The molecule has 0 N–H and O–H groups in total. The van der Waals surface area contributed by atoms with Crippen LogP contribution in [0.2, 0.25) is 0 Å². The van der Waals surface area contributed by atoms with E-state index in [1.165, 1.54) is 4.31 Å². The summed E-state index contributed by atoms with van der Waals surface area (Å²) in [4.78, 5) is 9.41. The van der Waals surface area contributed by atoms with Crippen molar-refractivity contribution in [3.63, 3.8) is 0 Å². The molecular formula is C18H23N5O3S. The van der Waals surface area contributed by atoms with Crippen LogP contribution in [0.4, 0.5) is 0 Å². The number of hydrogen-bond donors (Lipinski definition) is 0. The molecule has 0 unspecified atom stereocenters. The number of sulfonamides is 1. The van der Waals surface area contributed by atoms with Gasteiger partial charge < -0.3 is 9.09 Å². The lowest BCUT2D eigenvalue weighted by molar-refractivity contribution is 0.389. The first-order chi connectivity index (χ1) is 12.9. The number of rotatable bonds is 5. The summed E-state index contributed by atoms with van der Waals surface area (Å²) in [6.07, 6.45) is 4.28. The van der Waals surface area contributed by atoms with Crippen molar-refractivity contribution in [1.29, 1.82) is 0 Å². The van der Waals surface area contributed by atoms with Crippen LogP contribution >= 0.6 is 0 Å². The number of aryl methyl sites for hydroxylation is 3. The van der Waals surface area contributed by atoms with Crippen LogP contribution in [-0.4, -0.2) is 45.5 Å². The average Bonchev–Trinajstić information content (AvgIpc) is 3.32. The van der Waals surface area contributed by atoms with Gasteiger partial charge in [-0.05, 0) is 38.8 Å². The van der Waals surface area contributed by atoms with Crippen LogP contribution < -0.4 is 0 Å². The third-order valence-electron chi connectivity index (χ3n) is 5.05. The Morgan fingerprint density at radius 2 is 2.15 bits per heavy atom. The Bertz CT molecular complexity index is 1070. The molecule has 144 valence electrons. The Kier molecular flexibility index (Phi) is 4.51. The highest BCUT2D eigenvalue weighted by Gasteiger charge is 2.37. The Morgan fingerprint density at radius 3 is 2.85 bits per heavy atom. The molecule has 0 aliphatic carbocycles. The lowest BCUT2D eigenvalue weighted by Crippen LogP contribution is -2.30. The Labute approximate surface area is 158 Å². The first-order valence-corrected chi connectivity index (χ1v) is 10.6. The molecule has 27 heavy (non-hydrogen) atoms. The summed E-state index contributed by atoms with van der Waals surface area (Å²) in [6.45, 7) is 6.25. The van der Waals surface area contributed by atoms with Crippen LogP contribution in [0.25, 0.3) is 11.2 Å². The number of fused-ring (bicyclic) bond motifs is 1. The molecule has 4 rings (SSSR count). The van der Waals surface area contributed by atoms with E-state index >= 15 is 0 Å². The van der Waals surface area contributed by atoms with Crippen molar-refractivity contribution in [2.24, 2.45) is 0 Å². The summed E-state index contributed by atoms with van der Waals surface area (Å²) in [5.74, 6) is 1.30. The van der Waals surface area contributed by atoms with Gasteiger partial charge in [0.15, 0.2) is 11.4 Å². The molecule has 1 aliphatic rings. The van der Waals surface area contributed by atoms with Crippen molar-refractivity contribution >= 4 is 21.2 Å². The molecule has 0 radical (unpaired) electrons. The molecule has 0 spiro atoms. The second kappa shape index (κ2) is 6.72. The summed E-state index contributed by atoms with van der Waals surface area (Å²) in [6, 6.07) is 3.84. The number of pyridine rings is 1. The topological polar surface area (TPSA) is 94.1 Å². The van der Waals surface area contributed by atoms with Crippen LogP contribution in [0.3, 0.4) is 0 Å². The fourth-order valence-electron chi connectivity index (χ4n) is 3.87. The van der Waals surface area contributed by atoms with E-state index in [1.807, 2.05) is 12.1 Å². The molecule has 1 fully saturated rings. The quantitative estimate of drug-likeness (QED) is 0.666. The molecular weight excluding hydrogens is 366 g/mol. The van der Waals surface area contributed by atoms with Gasteiger partial charge >= 0.3 is 0 Å². The minimum Gasteiger partial charge on any atom is -0.360 e. The molecule has 0 saturated carbocycles. The maximum absolute atomic E-state index is 13.1. The van der Waals surface area contributed by atoms with Crippen LogP contribution in [0.1, 0.15) is 43.1 Å². The van der Waals surface area contributed by atoms with Gasteiger partial charge in [0.25, 0.3) is 0 Å². The normalized spacial score (nSPS) is 18.6. The molecule has 3 aromatic rings. The first kappa shape index (κ1) is 18.1. The van der Waals surface area contributed by atoms with Crippen molar-refractivity contribution < 1.29 is 12.9 Å². The number of nitrogens with zero attached hydrogens (tertiary/aromatic N) is 5. The highest BCUT2D eigenvalue weighted by atomic mass is 32.2. The van der Waals surface area contributed by atoms with E-state index in [9.17, 15) is 8.42 Å². The molecule has 4 heterocycles. The Morgan fingerprint density at radius 1 is 1.33 bits per heavy atom. The summed E-state index contributed by atoms with van der Waals surface area (Å²) >= 11 is 0. The summed E-state index contributed by atoms with van der Waals surface area (Å²) in [5, 5.41) is 3.80. The molecule has 0 bridgehead atoms.